The third kappa shape index (κ3) is 5.39. The predicted octanol–water partition coefficient (Wildman–Crippen LogP) is 2.50. The number of aryl methyl sites for hydroxylation is 1. The van der Waals surface area contributed by atoms with Gasteiger partial charge in [0, 0.05) is 37.4 Å². The van der Waals surface area contributed by atoms with Gasteiger partial charge in [0.05, 0.1) is 11.8 Å². The molecule has 150 valence electrons. The fraction of sp³-hybridized carbons (Fsp3) is 0.429. The van der Waals surface area contributed by atoms with E-state index in [9.17, 15) is 13.2 Å². The Morgan fingerprint density at radius 2 is 1.96 bits per heavy atom. The Hall–Kier alpha value is -2.25. The molecule has 1 aliphatic rings. The van der Waals surface area contributed by atoms with E-state index < -0.39 is 10.0 Å². The number of pyridine rings is 1. The molecule has 1 aromatic carbocycles. The molecule has 6 nitrogen and oxygen atoms in total. The van der Waals surface area contributed by atoms with Crippen molar-refractivity contribution in [1.82, 2.24) is 14.6 Å². The van der Waals surface area contributed by atoms with Gasteiger partial charge in [-0.1, -0.05) is 29.8 Å². The first-order chi connectivity index (χ1) is 13.3. The number of piperidine rings is 1. The Kier molecular flexibility index (Phi) is 6.46. The number of hydrogen-bond acceptors (Lipinski definition) is 4. The molecule has 28 heavy (non-hydrogen) atoms. The van der Waals surface area contributed by atoms with Crippen LogP contribution in [0.25, 0.3) is 0 Å². The molecule has 1 fully saturated rings. The SMILES string of the molecule is Cc1cccc(CCNC(=O)c2ccc(C3CCN(S(C)(=O)=O)CC3)nc2)c1. The van der Waals surface area contributed by atoms with Crippen LogP contribution >= 0.6 is 0 Å². The highest BCUT2D eigenvalue weighted by Crippen LogP contribution is 2.27. The highest BCUT2D eigenvalue weighted by molar-refractivity contribution is 7.88. The molecule has 1 saturated heterocycles. The van der Waals surface area contributed by atoms with Gasteiger partial charge in [-0.25, -0.2) is 12.7 Å². The summed E-state index contributed by atoms with van der Waals surface area (Å²) >= 11 is 0. The molecule has 0 atom stereocenters. The molecule has 1 aliphatic heterocycles. The van der Waals surface area contributed by atoms with Gasteiger partial charge in [-0.3, -0.25) is 9.78 Å². The molecular formula is C21H27N3O3S. The van der Waals surface area contributed by atoms with E-state index in [0.29, 0.717) is 25.2 Å². The summed E-state index contributed by atoms with van der Waals surface area (Å²) in [6.07, 6.45) is 5.15. The normalized spacial score (nSPS) is 16.1. The van der Waals surface area contributed by atoms with Crippen LogP contribution in [0.1, 0.15) is 45.9 Å². The molecule has 1 aromatic heterocycles. The molecule has 0 saturated carbocycles. The number of rotatable bonds is 6. The van der Waals surface area contributed by atoms with Crippen molar-refractivity contribution in [3.8, 4) is 0 Å². The van der Waals surface area contributed by atoms with E-state index in [1.54, 1.807) is 12.3 Å². The van der Waals surface area contributed by atoms with Crippen LogP contribution < -0.4 is 5.32 Å². The zero-order valence-corrected chi connectivity index (χ0v) is 17.2. The van der Waals surface area contributed by atoms with E-state index in [0.717, 1.165) is 25.0 Å². The molecule has 7 heteroatoms. The van der Waals surface area contributed by atoms with E-state index in [1.807, 2.05) is 12.1 Å². The standard InChI is InChI=1S/C21H27N3O3S/c1-16-4-3-5-17(14-16)8-11-22-21(25)19-6-7-20(23-15-19)18-9-12-24(13-10-18)28(2,26)27/h3-7,14-15,18H,8-13H2,1-2H3,(H,22,25). The van der Waals surface area contributed by atoms with Crippen LogP contribution in [0.2, 0.25) is 0 Å². The van der Waals surface area contributed by atoms with Crippen LogP contribution in [0, 0.1) is 6.92 Å². The van der Waals surface area contributed by atoms with Crippen molar-refractivity contribution in [2.45, 2.75) is 32.1 Å². The third-order valence-corrected chi connectivity index (χ3v) is 6.47. The summed E-state index contributed by atoms with van der Waals surface area (Å²) in [6, 6.07) is 11.9. The third-order valence-electron chi connectivity index (χ3n) is 5.17. The molecule has 1 N–H and O–H groups in total. The van der Waals surface area contributed by atoms with Gasteiger partial charge in [0.1, 0.15) is 0 Å². The Labute approximate surface area is 167 Å². The maximum absolute atomic E-state index is 12.3. The van der Waals surface area contributed by atoms with Crippen LogP contribution in [0.15, 0.2) is 42.6 Å². The maximum Gasteiger partial charge on any atom is 0.252 e. The predicted molar refractivity (Wildman–Crippen MR) is 110 cm³/mol. The Bertz CT molecular complexity index is 918. The summed E-state index contributed by atoms with van der Waals surface area (Å²) in [4.78, 5) is 16.8. The van der Waals surface area contributed by atoms with Crippen molar-refractivity contribution >= 4 is 15.9 Å². The molecule has 0 unspecified atom stereocenters. The van der Waals surface area contributed by atoms with Crippen LogP contribution in [0.3, 0.4) is 0 Å². The number of hydrogen-bond donors (Lipinski definition) is 1. The van der Waals surface area contributed by atoms with Crippen molar-refractivity contribution in [3.63, 3.8) is 0 Å². The van der Waals surface area contributed by atoms with E-state index >= 15 is 0 Å². The van der Waals surface area contributed by atoms with Gasteiger partial charge in [0.15, 0.2) is 0 Å². The van der Waals surface area contributed by atoms with Crippen molar-refractivity contribution in [2.75, 3.05) is 25.9 Å². The fourth-order valence-corrected chi connectivity index (χ4v) is 4.43. The van der Waals surface area contributed by atoms with Gasteiger partial charge in [0.25, 0.3) is 5.91 Å². The number of nitrogens with one attached hydrogen (secondary N) is 1. The zero-order valence-electron chi connectivity index (χ0n) is 16.4. The van der Waals surface area contributed by atoms with Gasteiger partial charge < -0.3 is 5.32 Å². The van der Waals surface area contributed by atoms with Crippen molar-refractivity contribution in [2.24, 2.45) is 0 Å². The molecule has 0 spiro atoms. The monoisotopic (exact) mass is 401 g/mol. The highest BCUT2D eigenvalue weighted by atomic mass is 32.2. The van der Waals surface area contributed by atoms with Gasteiger partial charge in [-0.15, -0.1) is 0 Å². The van der Waals surface area contributed by atoms with Gasteiger partial charge >= 0.3 is 0 Å². The first-order valence-corrected chi connectivity index (χ1v) is 11.4. The van der Waals surface area contributed by atoms with Gasteiger partial charge in [-0.2, -0.15) is 0 Å². The van der Waals surface area contributed by atoms with Crippen LogP contribution in [0.5, 0.6) is 0 Å². The molecule has 2 aromatic rings. The Morgan fingerprint density at radius 1 is 1.21 bits per heavy atom. The quantitative estimate of drug-likeness (QED) is 0.807. The highest BCUT2D eigenvalue weighted by Gasteiger charge is 2.26. The van der Waals surface area contributed by atoms with E-state index in [-0.39, 0.29) is 11.8 Å². The Balaban J connectivity index is 1.50. The van der Waals surface area contributed by atoms with Crippen LogP contribution in [0.4, 0.5) is 0 Å². The maximum atomic E-state index is 12.3. The van der Waals surface area contributed by atoms with Gasteiger partial charge in [-0.05, 0) is 43.9 Å². The van der Waals surface area contributed by atoms with E-state index in [2.05, 4.69) is 35.4 Å². The second kappa shape index (κ2) is 8.84. The minimum Gasteiger partial charge on any atom is -0.352 e. The van der Waals surface area contributed by atoms with Crippen LogP contribution in [-0.2, 0) is 16.4 Å². The second-order valence-corrected chi connectivity index (χ2v) is 9.39. The molecular weight excluding hydrogens is 374 g/mol. The molecule has 3 rings (SSSR count). The lowest BCUT2D eigenvalue weighted by atomic mass is 9.94. The minimum atomic E-state index is -3.12. The zero-order chi connectivity index (χ0) is 20.1. The first-order valence-electron chi connectivity index (χ1n) is 9.58. The number of benzene rings is 1. The van der Waals surface area contributed by atoms with Gasteiger partial charge in [0.2, 0.25) is 10.0 Å². The molecule has 1 amide bonds. The number of amides is 1. The molecule has 0 aliphatic carbocycles. The average molecular weight is 402 g/mol. The summed E-state index contributed by atoms with van der Waals surface area (Å²) in [7, 11) is -3.12. The number of nitrogens with zero attached hydrogens (tertiary/aromatic N) is 2. The fourth-order valence-electron chi connectivity index (χ4n) is 3.55. The lowest BCUT2D eigenvalue weighted by molar-refractivity contribution is 0.0953. The molecule has 0 bridgehead atoms. The minimum absolute atomic E-state index is 0.126. The van der Waals surface area contributed by atoms with E-state index in [4.69, 9.17) is 0 Å². The number of aromatic nitrogens is 1. The van der Waals surface area contributed by atoms with Crippen molar-refractivity contribution < 1.29 is 13.2 Å². The smallest absolute Gasteiger partial charge is 0.252 e. The number of sulfonamides is 1. The van der Waals surface area contributed by atoms with Crippen molar-refractivity contribution in [1.29, 1.82) is 0 Å². The summed E-state index contributed by atoms with van der Waals surface area (Å²) in [5, 5.41) is 2.94. The summed E-state index contributed by atoms with van der Waals surface area (Å²) in [5.74, 6) is 0.107. The number of carbonyl (C=O) groups excluding carboxylic acids is 1. The number of carbonyl (C=O) groups is 1. The lowest BCUT2D eigenvalue weighted by Crippen LogP contribution is -2.37. The topological polar surface area (TPSA) is 79.4 Å². The average Bonchev–Trinajstić information content (AvgIpc) is 2.67. The second-order valence-electron chi connectivity index (χ2n) is 7.40. The summed E-state index contributed by atoms with van der Waals surface area (Å²) in [6.45, 7) is 3.67. The Morgan fingerprint density at radius 3 is 2.57 bits per heavy atom. The molecule has 2 heterocycles. The lowest BCUT2D eigenvalue weighted by Gasteiger charge is -2.29. The summed E-state index contributed by atoms with van der Waals surface area (Å²) in [5.41, 5.74) is 3.88. The van der Waals surface area contributed by atoms with Crippen molar-refractivity contribution in [3.05, 3.63) is 65.0 Å². The first kappa shape index (κ1) is 20.5. The van der Waals surface area contributed by atoms with Crippen LogP contribution in [-0.4, -0.2) is 49.5 Å². The largest absolute Gasteiger partial charge is 0.352 e. The summed E-state index contributed by atoms with van der Waals surface area (Å²) < 4.78 is 24.7. The molecule has 0 radical (unpaired) electrons. The van der Waals surface area contributed by atoms with E-state index in [1.165, 1.54) is 21.7 Å².